The van der Waals surface area contributed by atoms with Crippen molar-refractivity contribution in [3.05, 3.63) is 53.1 Å². The quantitative estimate of drug-likeness (QED) is 0.715. The maximum Gasteiger partial charge on any atom is 0.255 e. The van der Waals surface area contributed by atoms with Gasteiger partial charge in [0.1, 0.15) is 12.3 Å². The van der Waals surface area contributed by atoms with Crippen LogP contribution in [0, 0.1) is 0 Å². The fraction of sp³-hybridized carbons (Fsp3) is 0.435. The molecule has 3 rings (SSSR count). The van der Waals surface area contributed by atoms with E-state index in [-0.39, 0.29) is 5.91 Å². The van der Waals surface area contributed by atoms with E-state index in [1.807, 2.05) is 6.07 Å². The summed E-state index contributed by atoms with van der Waals surface area (Å²) in [5.41, 5.74) is 2.87. The number of benzene rings is 2. The Morgan fingerprint density at radius 2 is 1.52 bits per heavy atom. The zero-order chi connectivity index (χ0) is 20.6. The summed E-state index contributed by atoms with van der Waals surface area (Å²) >= 11 is 0. The van der Waals surface area contributed by atoms with Crippen LogP contribution < -0.4 is 24.4 Å². The highest BCUT2D eigenvalue weighted by molar-refractivity contribution is 5.97. The summed E-state index contributed by atoms with van der Waals surface area (Å²) < 4.78 is 16.0. The van der Waals surface area contributed by atoms with E-state index in [2.05, 4.69) is 23.5 Å². The van der Waals surface area contributed by atoms with Gasteiger partial charge in [0.2, 0.25) is 0 Å². The third kappa shape index (κ3) is 5.21. The van der Waals surface area contributed by atoms with Gasteiger partial charge in [-0.3, -0.25) is 4.79 Å². The Kier molecular flexibility index (Phi) is 7.36. The molecule has 6 nitrogen and oxygen atoms in total. The van der Waals surface area contributed by atoms with Gasteiger partial charge in [0, 0.05) is 24.2 Å². The van der Waals surface area contributed by atoms with Crippen LogP contribution in [0.2, 0.25) is 0 Å². The van der Waals surface area contributed by atoms with E-state index < -0.39 is 0 Å². The second-order valence-corrected chi connectivity index (χ2v) is 7.35. The van der Waals surface area contributed by atoms with E-state index in [1.165, 1.54) is 45.0 Å². The SMILES string of the molecule is COc1cc(OC)c(C(=O)NCc2ccccc2C[NH+]2CCCCC2)cc1OC. The Morgan fingerprint density at radius 3 is 2.17 bits per heavy atom. The van der Waals surface area contributed by atoms with Crippen molar-refractivity contribution in [1.82, 2.24) is 5.32 Å². The molecule has 1 aliphatic rings. The van der Waals surface area contributed by atoms with Gasteiger partial charge < -0.3 is 24.4 Å². The zero-order valence-corrected chi connectivity index (χ0v) is 17.5. The van der Waals surface area contributed by atoms with Gasteiger partial charge in [0.25, 0.3) is 5.91 Å². The Bertz CT molecular complexity index is 832. The van der Waals surface area contributed by atoms with Crippen LogP contribution in [0.4, 0.5) is 0 Å². The van der Waals surface area contributed by atoms with Crippen molar-refractivity contribution in [1.29, 1.82) is 0 Å². The number of rotatable bonds is 8. The van der Waals surface area contributed by atoms with Gasteiger partial charge in [-0.25, -0.2) is 0 Å². The van der Waals surface area contributed by atoms with E-state index in [1.54, 1.807) is 31.3 Å². The highest BCUT2D eigenvalue weighted by Gasteiger charge is 2.19. The van der Waals surface area contributed by atoms with E-state index in [4.69, 9.17) is 14.2 Å². The topological polar surface area (TPSA) is 61.2 Å². The standard InChI is InChI=1S/C23H30N2O4/c1-27-20-14-22(29-3)21(28-2)13-19(20)23(26)24-15-17-9-5-6-10-18(17)16-25-11-7-4-8-12-25/h5-6,9-10,13-14H,4,7-8,11-12,15-16H2,1-3H3,(H,24,26)/p+1. The van der Waals surface area contributed by atoms with Crippen molar-refractivity contribution in [2.45, 2.75) is 32.4 Å². The summed E-state index contributed by atoms with van der Waals surface area (Å²) in [5, 5.41) is 3.03. The van der Waals surface area contributed by atoms with Gasteiger partial charge in [-0.15, -0.1) is 0 Å². The summed E-state index contributed by atoms with van der Waals surface area (Å²) in [7, 11) is 4.64. The van der Waals surface area contributed by atoms with Crippen LogP contribution in [0.15, 0.2) is 36.4 Å². The molecule has 0 spiro atoms. The molecular weight excluding hydrogens is 368 g/mol. The minimum atomic E-state index is -0.206. The van der Waals surface area contributed by atoms with E-state index >= 15 is 0 Å². The van der Waals surface area contributed by atoms with Crippen LogP contribution in [0.5, 0.6) is 17.2 Å². The first-order chi connectivity index (χ1) is 14.2. The molecule has 1 fully saturated rings. The molecule has 0 radical (unpaired) electrons. The molecule has 29 heavy (non-hydrogen) atoms. The minimum absolute atomic E-state index is 0.206. The third-order valence-electron chi connectivity index (χ3n) is 5.51. The normalized spacial score (nSPS) is 14.3. The van der Waals surface area contributed by atoms with Gasteiger partial charge >= 0.3 is 0 Å². The van der Waals surface area contributed by atoms with Crippen LogP contribution in [0.1, 0.15) is 40.7 Å². The van der Waals surface area contributed by atoms with Crippen molar-refractivity contribution < 1.29 is 23.9 Å². The molecule has 1 aliphatic heterocycles. The first-order valence-corrected chi connectivity index (χ1v) is 10.1. The fourth-order valence-electron chi connectivity index (χ4n) is 3.88. The fourth-order valence-corrected chi connectivity index (χ4v) is 3.88. The molecule has 2 N–H and O–H groups in total. The first-order valence-electron chi connectivity index (χ1n) is 10.1. The average molecular weight is 400 g/mol. The monoisotopic (exact) mass is 399 g/mol. The average Bonchev–Trinajstić information content (AvgIpc) is 2.78. The number of nitrogens with one attached hydrogen (secondary N) is 2. The van der Waals surface area contributed by atoms with Crippen LogP contribution in [0.25, 0.3) is 0 Å². The number of hydrogen-bond acceptors (Lipinski definition) is 4. The summed E-state index contributed by atoms with van der Waals surface area (Å²) in [6.07, 6.45) is 3.94. The molecule has 1 saturated heterocycles. The molecule has 0 aliphatic carbocycles. The number of amides is 1. The molecule has 2 aromatic rings. The molecular formula is C23H31N2O4+. The molecule has 1 amide bonds. The Morgan fingerprint density at radius 1 is 0.897 bits per heavy atom. The van der Waals surface area contributed by atoms with Crippen molar-refractivity contribution in [2.75, 3.05) is 34.4 Å². The van der Waals surface area contributed by atoms with Gasteiger partial charge in [0.15, 0.2) is 11.5 Å². The third-order valence-corrected chi connectivity index (χ3v) is 5.51. The van der Waals surface area contributed by atoms with E-state index in [0.717, 1.165) is 12.1 Å². The summed E-state index contributed by atoms with van der Waals surface area (Å²) in [5.74, 6) is 1.26. The summed E-state index contributed by atoms with van der Waals surface area (Å²) in [6, 6.07) is 11.7. The molecule has 156 valence electrons. The lowest BCUT2D eigenvalue weighted by atomic mass is 10.0. The number of methoxy groups -OCH3 is 3. The maximum atomic E-state index is 12.9. The largest absolute Gasteiger partial charge is 0.496 e. The van der Waals surface area contributed by atoms with Crippen molar-refractivity contribution in [3.63, 3.8) is 0 Å². The van der Waals surface area contributed by atoms with Crippen LogP contribution in [-0.2, 0) is 13.1 Å². The predicted octanol–water partition coefficient (Wildman–Crippen LogP) is 2.21. The number of hydrogen-bond donors (Lipinski definition) is 2. The molecule has 6 heteroatoms. The lowest BCUT2D eigenvalue weighted by molar-refractivity contribution is -0.918. The Balaban J connectivity index is 1.72. The minimum Gasteiger partial charge on any atom is -0.496 e. The van der Waals surface area contributed by atoms with Gasteiger partial charge in [0.05, 0.1) is 40.0 Å². The summed E-state index contributed by atoms with van der Waals surface area (Å²) in [4.78, 5) is 14.5. The van der Waals surface area contributed by atoms with Gasteiger partial charge in [-0.05, 0) is 24.8 Å². The number of quaternary nitrogens is 1. The van der Waals surface area contributed by atoms with Crippen molar-refractivity contribution >= 4 is 5.91 Å². The zero-order valence-electron chi connectivity index (χ0n) is 17.5. The first kappa shape index (κ1) is 21.0. The smallest absolute Gasteiger partial charge is 0.255 e. The van der Waals surface area contributed by atoms with Crippen molar-refractivity contribution in [2.24, 2.45) is 0 Å². The van der Waals surface area contributed by atoms with Crippen LogP contribution in [0.3, 0.4) is 0 Å². The molecule has 0 aromatic heterocycles. The lowest BCUT2D eigenvalue weighted by Gasteiger charge is -2.24. The highest BCUT2D eigenvalue weighted by Crippen LogP contribution is 2.34. The second-order valence-electron chi connectivity index (χ2n) is 7.35. The van der Waals surface area contributed by atoms with Crippen molar-refractivity contribution in [3.8, 4) is 17.2 Å². The Labute approximate surface area is 172 Å². The molecule has 0 unspecified atom stereocenters. The molecule has 0 saturated carbocycles. The van der Waals surface area contributed by atoms with Crippen LogP contribution >= 0.6 is 0 Å². The maximum absolute atomic E-state index is 12.9. The Hall–Kier alpha value is -2.73. The second kappa shape index (κ2) is 10.2. The molecule has 0 bridgehead atoms. The van der Waals surface area contributed by atoms with Crippen LogP contribution in [-0.4, -0.2) is 40.3 Å². The van der Waals surface area contributed by atoms with Gasteiger partial charge in [-0.1, -0.05) is 24.3 Å². The number of carbonyl (C=O) groups is 1. The number of piperidine rings is 1. The summed E-state index contributed by atoms with van der Waals surface area (Å²) in [6.45, 7) is 3.93. The number of carbonyl (C=O) groups excluding carboxylic acids is 1. The number of ether oxygens (including phenoxy) is 3. The van der Waals surface area contributed by atoms with Gasteiger partial charge in [-0.2, -0.15) is 0 Å². The predicted molar refractivity (Wildman–Crippen MR) is 112 cm³/mol. The molecule has 2 aromatic carbocycles. The lowest BCUT2D eigenvalue weighted by Crippen LogP contribution is -3.11. The highest BCUT2D eigenvalue weighted by atomic mass is 16.5. The number of likely N-dealkylation sites (tertiary alicyclic amines) is 1. The molecule has 1 heterocycles. The molecule has 0 atom stereocenters. The van der Waals surface area contributed by atoms with E-state index in [9.17, 15) is 4.79 Å². The van der Waals surface area contributed by atoms with E-state index in [0.29, 0.717) is 29.4 Å².